The molecule has 0 atom stereocenters. The summed E-state index contributed by atoms with van der Waals surface area (Å²) in [5, 5.41) is 9.73. The summed E-state index contributed by atoms with van der Waals surface area (Å²) in [4.78, 5) is 14.1. The van der Waals surface area contributed by atoms with Gasteiger partial charge < -0.3 is 10.0 Å². The van der Waals surface area contributed by atoms with Gasteiger partial charge in [0.25, 0.3) is 5.91 Å². The Bertz CT molecular complexity index is 745. The topological polar surface area (TPSA) is 40.5 Å². The van der Waals surface area contributed by atoms with Crippen LogP contribution >= 0.6 is 15.9 Å². The van der Waals surface area contributed by atoms with E-state index in [1.165, 1.54) is 6.07 Å². The van der Waals surface area contributed by atoms with Crippen molar-refractivity contribution in [2.45, 2.75) is 20.0 Å². The number of phenolic OH excluding ortho intramolecular Hbond substituents is 1. The SMILES string of the molecule is Cc1c(O)ccc2c1C(=O)N(Cc1ccc(F)c(Br)c1)C2. The van der Waals surface area contributed by atoms with Crippen LogP contribution in [0, 0.1) is 12.7 Å². The molecule has 3 rings (SSSR count). The molecule has 5 heteroatoms. The molecule has 0 spiro atoms. The molecular weight excluding hydrogens is 337 g/mol. The summed E-state index contributed by atoms with van der Waals surface area (Å²) in [7, 11) is 0. The van der Waals surface area contributed by atoms with Crippen molar-refractivity contribution in [3.63, 3.8) is 0 Å². The minimum absolute atomic E-state index is 0.0983. The fourth-order valence-electron chi connectivity index (χ4n) is 2.61. The van der Waals surface area contributed by atoms with E-state index in [1.54, 1.807) is 36.1 Å². The third kappa shape index (κ3) is 2.42. The first kappa shape index (κ1) is 14.1. The number of rotatable bonds is 2. The van der Waals surface area contributed by atoms with E-state index in [-0.39, 0.29) is 17.5 Å². The van der Waals surface area contributed by atoms with Gasteiger partial charge in [0.05, 0.1) is 10.0 Å². The molecule has 0 saturated heterocycles. The van der Waals surface area contributed by atoms with Gasteiger partial charge in [-0.05, 0) is 52.2 Å². The van der Waals surface area contributed by atoms with E-state index in [9.17, 15) is 14.3 Å². The van der Waals surface area contributed by atoms with E-state index in [0.717, 1.165) is 11.1 Å². The molecule has 0 saturated carbocycles. The van der Waals surface area contributed by atoms with Gasteiger partial charge in [-0.1, -0.05) is 12.1 Å². The number of carbonyl (C=O) groups excluding carboxylic acids is 1. The Labute approximate surface area is 130 Å². The molecule has 0 fully saturated rings. The summed E-state index contributed by atoms with van der Waals surface area (Å²) in [6.07, 6.45) is 0. The smallest absolute Gasteiger partial charge is 0.255 e. The van der Waals surface area contributed by atoms with Gasteiger partial charge in [-0.3, -0.25) is 4.79 Å². The lowest BCUT2D eigenvalue weighted by molar-refractivity contribution is 0.0766. The zero-order valence-electron chi connectivity index (χ0n) is 11.4. The van der Waals surface area contributed by atoms with E-state index in [1.807, 2.05) is 0 Å². The number of benzene rings is 2. The molecule has 21 heavy (non-hydrogen) atoms. The van der Waals surface area contributed by atoms with Crippen LogP contribution in [0.25, 0.3) is 0 Å². The second-order valence-electron chi connectivity index (χ2n) is 5.15. The van der Waals surface area contributed by atoms with Gasteiger partial charge in [0.1, 0.15) is 11.6 Å². The fraction of sp³-hybridized carbons (Fsp3) is 0.188. The van der Waals surface area contributed by atoms with Crippen LogP contribution in [0.5, 0.6) is 5.75 Å². The molecule has 0 radical (unpaired) electrons. The number of aromatic hydroxyl groups is 1. The summed E-state index contributed by atoms with van der Waals surface area (Å²) in [6.45, 7) is 2.65. The lowest BCUT2D eigenvalue weighted by Gasteiger charge is -2.16. The molecule has 0 aromatic heterocycles. The van der Waals surface area contributed by atoms with E-state index < -0.39 is 0 Å². The number of nitrogens with zero attached hydrogens (tertiary/aromatic N) is 1. The van der Waals surface area contributed by atoms with Gasteiger partial charge in [-0.15, -0.1) is 0 Å². The maximum absolute atomic E-state index is 13.2. The molecule has 108 valence electrons. The van der Waals surface area contributed by atoms with Gasteiger partial charge in [0, 0.05) is 18.7 Å². The molecule has 2 aromatic carbocycles. The Balaban J connectivity index is 1.88. The Hall–Kier alpha value is -1.88. The van der Waals surface area contributed by atoms with E-state index in [4.69, 9.17) is 0 Å². The van der Waals surface area contributed by atoms with Gasteiger partial charge in [0.15, 0.2) is 0 Å². The first-order chi connectivity index (χ1) is 9.97. The quantitative estimate of drug-likeness (QED) is 0.896. The standard InChI is InChI=1S/C16H13BrFNO2/c1-9-14(20)5-3-11-8-19(16(21)15(9)11)7-10-2-4-13(18)12(17)6-10/h2-6,20H,7-8H2,1H3. The number of amides is 1. The lowest BCUT2D eigenvalue weighted by Crippen LogP contribution is -2.23. The minimum atomic E-state index is -0.324. The van der Waals surface area contributed by atoms with Crippen LogP contribution in [0.3, 0.4) is 0 Å². The van der Waals surface area contributed by atoms with Crippen molar-refractivity contribution in [2.75, 3.05) is 0 Å². The summed E-state index contributed by atoms with van der Waals surface area (Å²) < 4.78 is 13.6. The van der Waals surface area contributed by atoms with Crippen molar-refractivity contribution in [3.05, 3.63) is 62.9 Å². The van der Waals surface area contributed by atoms with Crippen LogP contribution in [-0.4, -0.2) is 15.9 Å². The highest BCUT2D eigenvalue weighted by Gasteiger charge is 2.29. The largest absolute Gasteiger partial charge is 0.508 e. The van der Waals surface area contributed by atoms with Crippen LogP contribution in [0.15, 0.2) is 34.8 Å². The maximum atomic E-state index is 13.2. The number of halogens is 2. The maximum Gasteiger partial charge on any atom is 0.255 e. The van der Waals surface area contributed by atoms with Crippen molar-refractivity contribution in [1.29, 1.82) is 0 Å². The zero-order valence-corrected chi connectivity index (χ0v) is 12.9. The highest BCUT2D eigenvalue weighted by atomic mass is 79.9. The van der Waals surface area contributed by atoms with Gasteiger partial charge in [-0.25, -0.2) is 4.39 Å². The van der Waals surface area contributed by atoms with Crippen molar-refractivity contribution in [3.8, 4) is 5.75 Å². The third-order valence-corrected chi connectivity index (χ3v) is 4.35. The Morgan fingerprint density at radius 3 is 2.81 bits per heavy atom. The third-order valence-electron chi connectivity index (χ3n) is 3.74. The van der Waals surface area contributed by atoms with Crippen molar-refractivity contribution in [2.24, 2.45) is 0 Å². The van der Waals surface area contributed by atoms with Crippen LogP contribution in [0.1, 0.15) is 27.0 Å². The van der Waals surface area contributed by atoms with E-state index >= 15 is 0 Å². The molecule has 1 N–H and O–H groups in total. The predicted octanol–water partition coefficient (Wildman–Crippen LogP) is 3.76. The van der Waals surface area contributed by atoms with Crippen molar-refractivity contribution < 1.29 is 14.3 Å². The first-order valence-corrected chi connectivity index (χ1v) is 7.31. The molecule has 1 amide bonds. The van der Waals surface area contributed by atoms with Crippen molar-refractivity contribution >= 4 is 21.8 Å². The van der Waals surface area contributed by atoms with Crippen LogP contribution in [0.2, 0.25) is 0 Å². The predicted molar refractivity (Wildman–Crippen MR) is 80.5 cm³/mol. The lowest BCUT2D eigenvalue weighted by atomic mass is 10.0. The van der Waals surface area contributed by atoms with E-state index in [2.05, 4.69) is 15.9 Å². The first-order valence-electron chi connectivity index (χ1n) is 6.52. The summed E-state index contributed by atoms with van der Waals surface area (Å²) in [5.74, 6) is -0.289. The van der Waals surface area contributed by atoms with Crippen molar-refractivity contribution in [1.82, 2.24) is 4.90 Å². The van der Waals surface area contributed by atoms with Crippen LogP contribution in [0.4, 0.5) is 4.39 Å². The van der Waals surface area contributed by atoms with Crippen LogP contribution < -0.4 is 0 Å². The molecular formula is C16H13BrFNO2. The number of phenols is 1. The Morgan fingerprint density at radius 1 is 1.33 bits per heavy atom. The summed E-state index contributed by atoms with van der Waals surface area (Å²) >= 11 is 3.15. The molecule has 1 heterocycles. The van der Waals surface area contributed by atoms with Gasteiger partial charge in [-0.2, -0.15) is 0 Å². The Morgan fingerprint density at radius 2 is 2.10 bits per heavy atom. The molecule has 0 aliphatic carbocycles. The number of hydrogen-bond donors (Lipinski definition) is 1. The highest BCUT2D eigenvalue weighted by molar-refractivity contribution is 9.10. The van der Waals surface area contributed by atoms with Crippen LogP contribution in [-0.2, 0) is 13.1 Å². The number of carbonyl (C=O) groups is 1. The normalized spacial score (nSPS) is 13.7. The molecule has 1 aliphatic rings. The number of fused-ring (bicyclic) bond motifs is 1. The minimum Gasteiger partial charge on any atom is -0.508 e. The monoisotopic (exact) mass is 349 g/mol. The molecule has 2 aromatic rings. The molecule has 0 unspecified atom stereocenters. The average Bonchev–Trinajstić information content (AvgIpc) is 2.76. The highest BCUT2D eigenvalue weighted by Crippen LogP contribution is 2.32. The Kier molecular flexibility index (Phi) is 3.45. The molecule has 3 nitrogen and oxygen atoms in total. The second kappa shape index (κ2) is 5.15. The summed E-state index contributed by atoms with van der Waals surface area (Å²) in [5.41, 5.74) is 2.96. The molecule has 0 bridgehead atoms. The van der Waals surface area contributed by atoms with Gasteiger partial charge in [0.2, 0.25) is 0 Å². The molecule has 1 aliphatic heterocycles. The average molecular weight is 350 g/mol. The van der Waals surface area contributed by atoms with Gasteiger partial charge >= 0.3 is 0 Å². The second-order valence-corrected chi connectivity index (χ2v) is 6.01. The summed E-state index contributed by atoms with van der Waals surface area (Å²) in [6, 6.07) is 8.11. The fourth-order valence-corrected chi connectivity index (χ4v) is 3.03. The zero-order chi connectivity index (χ0) is 15.1. The number of hydrogen-bond acceptors (Lipinski definition) is 2. The van der Waals surface area contributed by atoms with E-state index in [0.29, 0.717) is 28.7 Å².